The van der Waals surface area contributed by atoms with Crippen molar-refractivity contribution in [2.45, 2.75) is 16.9 Å². The van der Waals surface area contributed by atoms with Gasteiger partial charge in [0.15, 0.2) is 0 Å². The first kappa shape index (κ1) is 25.5. The maximum atomic E-state index is 12.9. The van der Waals surface area contributed by atoms with Gasteiger partial charge in [-0.05, 0) is 54.1 Å². The third kappa shape index (κ3) is 5.48. The molecule has 2 amide bonds. The SMILES string of the molecule is O=C(Nc1ccccc1)Nc1cc(Cn2cc(O)n(-c3ccc(S(=O)(=O)C(F)(F)F)cc3)c2=O)ccn1. The Morgan fingerprint density at radius 2 is 1.68 bits per heavy atom. The molecule has 192 valence electrons. The molecule has 0 fully saturated rings. The van der Waals surface area contributed by atoms with Crippen LogP contribution >= 0.6 is 0 Å². The molecule has 2 aromatic carbocycles. The Balaban J connectivity index is 1.52. The largest absolute Gasteiger partial charge is 0.501 e. The first-order valence-electron chi connectivity index (χ1n) is 10.5. The zero-order valence-electron chi connectivity index (χ0n) is 18.7. The molecule has 0 bridgehead atoms. The van der Waals surface area contributed by atoms with Gasteiger partial charge < -0.3 is 10.4 Å². The summed E-state index contributed by atoms with van der Waals surface area (Å²) in [6, 6.07) is 14.6. The van der Waals surface area contributed by atoms with E-state index in [1.807, 2.05) is 0 Å². The van der Waals surface area contributed by atoms with Gasteiger partial charge in [0.25, 0.3) is 9.84 Å². The fraction of sp³-hybridized carbons (Fsp3) is 0.0870. The predicted molar refractivity (Wildman–Crippen MR) is 127 cm³/mol. The Bertz CT molecular complexity index is 1600. The minimum absolute atomic E-state index is 0.0442. The van der Waals surface area contributed by atoms with Crippen LogP contribution in [0.1, 0.15) is 5.56 Å². The van der Waals surface area contributed by atoms with Gasteiger partial charge in [-0.25, -0.2) is 27.6 Å². The van der Waals surface area contributed by atoms with Crippen molar-refractivity contribution in [3.63, 3.8) is 0 Å². The summed E-state index contributed by atoms with van der Waals surface area (Å²) in [4.78, 5) is 28.1. The van der Waals surface area contributed by atoms with E-state index in [1.165, 1.54) is 12.3 Å². The first-order valence-corrected chi connectivity index (χ1v) is 11.9. The normalized spacial score (nSPS) is 11.8. The van der Waals surface area contributed by atoms with E-state index in [1.54, 1.807) is 36.4 Å². The van der Waals surface area contributed by atoms with Gasteiger partial charge in [-0.1, -0.05) is 18.2 Å². The highest BCUT2D eigenvalue weighted by Gasteiger charge is 2.46. The van der Waals surface area contributed by atoms with Crippen molar-refractivity contribution < 1.29 is 31.5 Å². The zero-order chi connectivity index (χ0) is 26.8. The first-order chi connectivity index (χ1) is 17.5. The number of alkyl halides is 3. The van der Waals surface area contributed by atoms with Crippen LogP contribution in [-0.2, 0) is 16.4 Å². The molecule has 37 heavy (non-hydrogen) atoms. The summed E-state index contributed by atoms with van der Waals surface area (Å²) in [7, 11) is -5.56. The molecular weight excluding hydrogens is 515 g/mol. The summed E-state index contributed by atoms with van der Waals surface area (Å²) >= 11 is 0. The molecule has 0 saturated heterocycles. The molecule has 4 rings (SSSR count). The van der Waals surface area contributed by atoms with Crippen LogP contribution in [-0.4, -0.2) is 39.2 Å². The molecule has 0 saturated carbocycles. The number of anilines is 2. The Morgan fingerprint density at radius 1 is 1.00 bits per heavy atom. The van der Waals surface area contributed by atoms with Crippen molar-refractivity contribution >= 4 is 27.4 Å². The van der Waals surface area contributed by atoms with Crippen molar-refractivity contribution in [3.05, 3.63) is 95.2 Å². The molecule has 2 heterocycles. The fourth-order valence-corrected chi connectivity index (χ4v) is 4.14. The highest BCUT2D eigenvalue weighted by atomic mass is 32.2. The molecule has 10 nitrogen and oxygen atoms in total. The van der Waals surface area contributed by atoms with Gasteiger partial charge in [-0.15, -0.1) is 0 Å². The van der Waals surface area contributed by atoms with E-state index < -0.39 is 37.8 Å². The van der Waals surface area contributed by atoms with Crippen molar-refractivity contribution in [1.82, 2.24) is 14.1 Å². The molecule has 14 heteroatoms. The number of amides is 2. The number of imidazole rings is 1. The molecule has 0 unspecified atom stereocenters. The number of pyridine rings is 1. The van der Waals surface area contributed by atoms with E-state index in [0.29, 0.717) is 23.4 Å². The van der Waals surface area contributed by atoms with E-state index in [0.717, 1.165) is 27.5 Å². The number of aromatic hydroxyl groups is 1. The number of rotatable bonds is 6. The molecule has 4 aromatic rings. The number of para-hydroxylation sites is 1. The predicted octanol–water partition coefficient (Wildman–Crippen LogP) is 3.73. The minimum Gasteiger partial charge on any atom is -0.493 e. The smallest absolute Gasteiger partial charge is 0.493 e. The van der Waals surface area contributed by atoms with Gasteiger partial charge in [0.05, 0.1) is 23.3 Å². The van der Waals surface area contributed by atoms with E-state index in [9.17, 15) is 36.3 Å². The number of aromatic nitrogens is 3. The second-order valence-corrected chi connectivity index (χ2v) is 9.61. The number of carbonyl (C=O) groups excluding carboxylic acids is 1. The molecule has 0 aliphatic carbocycles. The number of hydrogen-bond donors (Lipinski definition) is 3. The average molecular weight is 533 g/mol. The molecule has 2 aromatic heterocycles. The summed E-state index contributed by atoms with van der Waals surface area (Å²) in [5.41, 5.74) is -5.15. The summed E-state index contributed by atoms with van der Waals surface area (Å²) in [6.07, 6.45) is 2.52. The number of nitrogens with one attached hydrogen (secondary N) is 2. The van der Waals surface area contributed by atoms with Crippen LogP contribution in [0.15, 0.2) is 88.8 Å². The lowest BCUT2D eigenvalue weighted by Gasteiger charge is -2.09. The molecule has 0 radical (unpaired) electrons. The van der Waals surface area contributed by atoms with Gasteiger partial charge in [-0.3, -0.25) is 9.88 Å². The standard InChI is InChI=1S/C23H18F3N5O5S/c24-23(25,26)37(35,36)18-8-6-17(7-9-18)31-20(32)14-30(22(31)34)13-15-10-11-27-19(12-15)29-21(33)28-16-4-2-1-3-5-16/h1-12,14,32H,13H2,(H2,27,28,29,33). The van der Waals surface area contributed by atoms with Gasteiger partial charge in [0.2, 0.25) is 5.88 Å². The van der Waals surface area contributed by atoms with E-state index >= 15 is 0 Å². The lowest BCUT2D eigenvalue weighted by atomic mass is 10.2. The quantitative estimate of drug-likeness (QED) is 0.346. The maximum Gasteiger partial charge on any atom is 0.501 e. The van der Waals surface area contributed by atoms with Crippen molar-refractivity contribution in [2.24, 2.45) is 0 Å². The van der Waals surface area contributed by atoms with Crippen LogP contribution in [0.3, 0.4) is 0 Å². The van der Waals surface area contributed by atoms with Crippen molar-refractivity contribution in [3.8, 4) is 11.6 Å². The number of sulfone groups is 1. The van der Waals surface area contributed by atoms with E-state index in [-0.39, 0.29) is 18.1 Å². The third-order valence-corrected chi connectivity index (χ3v) is 6.60. The van der Waals surface area contributed by atoms with Crippen molar-refractivity contribution in [2.75, 3.05) is 10.6 Å². The second-order valence-electron chi connectivity index (χ2n) is 7.67. The molecule has 0 aliphatic rings. The van der Waals surface area contributed by atoms with Gasteiger partial charge in [0, 0.05) is 11.9 Å². The Kier molecular flexibility index (Phi) is 6.76. The lowest BCUT2D eigenvalue weighted by molar-refractivity contribution is -0.0436. The Hall–Kier alpha value is -4.59. The van der Waals surface area contributed by atoms with Gasteiger partial charge in [0.1, 0.15) is 5.82 Å². The topological polar surface area (TPSA) is 135 Å². The van der Waals surface area contributed by atoms with Crippen LogP contribution < -0.4 is 16.3 Å². The molecule has 0 aliphatic heterocycles. The number of halogens is 3. The number of carbonyl (C=O) groups is 1. The second kappa shape index (κ2) is 9.81. The van der Waals surface area contributed by atoms with Crippen LogP contribution in [0.25, 0.3) is 5.69 Å². The fourth-order valence-electron chi connectivity index (χ4n) is 3.38. The summed E-state index contributed by atoms with van der Waals surface area (Å²) in [6.45, 7) is -0.0442. The lowest BCUT2D eigenvalue weighted by Crippen LogP contribution is -2.24. The molecule has 3 N–H and O–H groups in total. The van der Waals surface area contributed by atoms with Crippen molar-refractivity contribution in [1.29, 1.82) is 0 Å². The van der Waals surface area contributed by atoms with Crippen LogP contribution in [0.4, 0.5) is 29.5 Å². The van der Waals surface area contributed by atoms with Gasteiger partial charge in [-0.2, -0.15) is 13.2 Å². The number of nitrogens with zero attached hydrogens (tertiary/aromatic N) is 3. The average Bonchev–Trinajstić information content (AvgIpc) is 3.11. The monoisotopic (exact) mass is 533 g/mol. The van der Waals surface area contributed by atoms with Gasteiger partial charge >= 0.3 is 17.2 Å². The molecular formula is C23H18F3N5O5S. The summed E-state index contributed by atoms with van der Waals surface area (Å²) < 4.78 is 63.3. The minimum atomic E-state index is -5.56. The number of benzene rings is 2. The number of hydrogen-bond acceptors (Lipinski definition) is 6. The summed E-state index contributed by atoms with van der Waals surface area (Å²) in [5, 5.41) is 15.5. The summed E-state index contributed by atoms with van der Waals surface area (Å²) in [5.74, 6) is -0.324. The van der Waals surface area contributed by atoms with E-state index in [4.69, 9.17) is 0 Å². The molecule has 0 atom stereocenters. The zero-order valence-corrected chi connectivity index (χ0v) is 19.5. The van der Waals surface area contributed by atoms with Crippen LogP contribution in [0.2, 0.25) is 0 Å². The number of urea groups is 1. The Labute approximate surface area is 207 Å². The molecule has 0 spiro atoms. The Morgan fingerprint density at radius 3 is 2.32 bits per heavy atom. The highest BCUT2D eigenvalue weighted by Crippen LogP contribution is 2.30. The maximum absolute atomic E-state index is 12.9. The third-order valence-electron chi connectivity index (χ3n) is 5.10. The van der Waals surface area contributed by atoms with Crippen LogP contribution in [0.5, 0.6) is 5.88 Å². The highest BCUT2D eigenvalue weighted by molar-refractivity contribution is 7.92. The van der Waals surface area contributed by atoms with E-state index in [2.05, 4.69) is 15.6 Å². The van der Waals surface area contributed by atoms with Crippen LogP contribution in [0, 0.1) is 0 Å².